The highest BCUT2D eigenvalue weighted by Gasteiger charge is 2.17. The van der Waals surface area contributed by atoms with Gasteiger partial charge in [-0.25, -0.2) is 0 Å². The molecule has 0 spiro atoms. The van der Waals surface area contributed by atoms with Crippen LogP contribution in [0.5, 0.6) is 0 Å². The minimum absolute atomic E-state index is 0.00542. The number of nitrogens with two attached hydrogens (primary N) is 1. The topological polar surface area (TPSA) is 46.3 Å². The van der Waals surface area contributed by atoms with Crippen molar-refractivity contribution in [2.24, 2.45) is 5.73 Å². The van der Waals surface area contributed by atoms with E-state index in [1.54, 1.807) is 4.90 Å². The summed E-state index contributed by atoms with van der Waals surface area (Å²) in [6.45, 7) is 7.00. The monoisotopic (exact) mass is 282 g/mol. The molecule has 2 aromatic carbocycles. The number of carbonyl (C=O) groups is 1. The molecule has 0 fully saturated rings. The van der Waals surface area contributed by atoms with Crippen molar-refractivity contribution in [1.82, 2.24) is 0 Å². The van der Waals surface area contributed by atoms with E-state index in [-0.39, 0.29) is 5.91 Å². The summed E-state index contributed by atoms with van der Waals surface area (Å²) in [7, 11) is 0. The highest BCUT2D eigenvalue weighted by molar-refractivity contribution is 6.06. The lowest BCUT2D eigenvalue weighted by Gasteiger charge is -2.23. The fraction of sp³-hybridized carbons (Fsp3) is 0.278. The van der Waals surface area contributed by atoms with Crippen LogP contribution >= 0.6 is 0 Å². The quantitative estimate of drug-likeness (QED) is 0.936. The summed E-state index contributed by atoms with van der Waals surface area (Å²) in [5.41, 5.74) is 10.7. The van der Waals surface area contributed by atoms with Crippen molar-refractivity contribution in [1.29, 1.82) is 0 Å². The Bertz CT molecular complexity index is 629. The van der Waals surface area contributed by atoms with E-state index in [0.29, 0.717) is 18.7 Å². The molecule has 0 aromatic heterocycles. The molecule has 110 valence electrons. The standard InChI is InChI=1S/C18H22N2O/c1-13-5-4-6-16(10-13)18(21)20(8-7-19)17-11-14(2)9-15(3)12-17/h4-6,9-12H,7-8,19H2,1-3H3. The van der Waals surface area contributed by atoms with Crippen LogP contribution in [0.15, 0.2) is 42.5 Å². The minimum atomic E-state index is -0.00542. The molecule has 3 nitrogen and oxygen atoms in total. The second kappa shape index (κ2) is 6.55. The molecule has 0 atom stereocenters. The van der Waals surface area contributed by atoms with E-state index in [1.165, 1.54) is 0 Å². The van der Waals surface area contributed by atoms with Gasteiger partial charge in [0.05, 0.1) is 0 Å². The number of benzene rings is 2. The van der Waals surface area contributed by atoms with Gasteiger partial charge in [-0.1, -0.05) is 23.8 Å². The van der Waals surface area contributed by atoms with Gasteiger partial charge in [-0.3, -0.25) is 4.79 Å². The van der Waals surface area contributed by atoms with Gasteiger partial charge in [0.2, 0.25) is 0 Å². The third kappa shape index (κ3) is 3.70. The summed E-state index contributed by atoms with van der Waals surface area (Å²) in [5, 5.41) is 0. The van der Waals surface area contributed by atoms with Gasteiger partial charge in [-0.15, -0.1) is 0 Å². The van der Waals surface area contributed by atoms with Crippen molar-refractivity contribution in [3.05, 3.63) is 64.7 Å². The van der Waals surface area contributed by atoms with E-state index >= 15 is 0 Å². The van der Waals surface area contributed by atoms with Gasteiger partial charge in [0.15, 0.2) is 0 Å². The SMILES string of the molecule is Cc1cccc(C(=O)N(CCN)c2cc(C)cc(C)c2)c1. The largest absolute Gasteiger partial charge is 0.329 e. The van der Waals surface area contributed by atoms with E-state index in [0.717, 1.165) is 22.4 Å². The van der Waals surface area contributed by atoms with E-state index in [9.17, 15) is 4.79 Å². The predicted octanol–water partition coefficient (Wildman–Crippen LogP) is 3.22. The Labute approximate surface area is 126 Å². The van der Waals surface area contributed by atoms with E-state index < -0.39 is 0 Å². The average molecular weight is 282 g/mol. The molecule has 0 unspecified atom stereocenters. The molecule has 0 saturated heterocycles. The molecular weight excluding hydrogens is 260 g/mol. The number of amides is 1. The number of carbonyl (C=O) groups excluding carboxylic acids is 1. The van der Waals surface area contributed by atoms with Crippen molar-refractivity contribution in [3.63, 3.8) is 0 Å². The Hall–Kier alpha value is -2.13. The Morgan fingerprint density at radius 2 is 1.67 bits per heavy atom. The molecule has 21 heavy (non-hydrogen) atoms. The van der Waals surface area contributed by atoms with Gasteiger partial charge in [0, 0.05) is 24.3 Å². The number of nitrogens with zero attached hydrogens (tertiary/aromatic N) is 1. The fourth-order valence-electron chi connectivity index (χ4n) is 2.52. The molecule has 0 aliphatic heterocycles. The number of rotatable bonds is 4. The lowest BCUT2D eigenvalue weighted by atomic mass is 10.1. The van der Waals surface area contributed by atoms with Gasteiger partial charge >= 0.3 is 0 Å². The molecule has 2 N–H and O–H groups in total. The number of aryl methyl sites for hydroxylation is 3. The molecule has 0 saturated carbocycles. The Kier molecular flexibility index (Phi) is 4.76. The first-order valence-electron chi connectivity index (χ1n) is 7.18. The fourth-order valence-corrected chi connectivity index (χ4v) is 2.52. The third-order valence-corrected chi connectivity index (χ3v) is 3.38. The summed E-state index contributed by atoms with van der Waals surface area (Å²) in [4.78, 5) is 14.5. The second-order valence-corrected chi connectivity index (χ2v) is 5.46. The zero-order chi connectivity index (χ0) is 15.4. The zero-order valence-corrected chi connectivity index (χ0v) is 12.9. The predicted molar refractivity (Wildman–Crippen MR) is 87.8 cm³/mol. The second-order valence-electron chi connectivity index (χ2n) is 5.46. The Morgan fingerprint density at radius 3 is 2.24 bits per heavy atom. The van der Waals surface area contributed by atoms with Gasteiger partial charge in [-0.2, -0.15) is 0 Å². The molecule has 0 aliphatic carbocycles. The molecule has 1 amide bonds. The van der Waals surface area contributed by atoms with E-state index in [4.69, 9.17) is 5.73 Å². The third-order valence-electron chi connectivity index (χ3n) is 3.38. The van der Waals surface area contributed by atoms with Crippen LogP contribution in [0.3, 0.4) is 0 Å². The van der Waals surface area contributed by atoms with Gasteiger partial charge < -0.3 is 10.6 Å². The first kappa shape index (κ1) is 15.3. The smallest absolute Gasteiger partial charge is 0.258 e. The molecular formula is C18H22N2O. The molecule has 0 heterocycles. The van der Waals surface area contributed by atoms with Crippen LogP contribution < -0.4 is 10.6 Å². The molecule has 0 radical (unpaired) electrons. The first-order valence-corrected chi connectivity index (χ1v) is 7.18. The van der Waals surface area contributed by atoms with Gasteiger partial charge in [0.1, 0.15) is 0 Å². The highest BCUT2D eigenvalue weighted by Crippen LogP contribution is 2.21. The van der Waals surface area contributed by atoms with Crippen LogP contribution in [0.1, 0.15) is 27.0 Å². The van der Waals surface area contributed by atoms with Crippen molar-refractivity contribution in [2.45, 2.75) is 20.8 Å². The van der Waals surface area contributed by atoms with Crippen LogP contribution in [0.25, 0.3) is 0 Å². The van der Waals surface area contributed by atoms with Crippen molar-refractivity contribution in [2.75, 3.05) is 18.0 Å². The summed E-state index contributed by atoms with van der Waals surface area (Å²) in [6.07, 6.45) is 0. The van der Waals surface area contributed by atoms with Crippen LogP contribution in [-0.2, 0) is 0 Å². The molecule has 0 bridgehead atoms. The Morgan fingerprint density at radius 1 is 1.00 bits per heavy atom. The molecule has 2 aromatic rings. The number of hydrogen-bond donors (Lipinski definition) is 1. The van der Waals surface area contributed by atoms with E-state index in [1.807, 2.05) is 57.2 Å². The van der Waals surface area contributed by atoms with Gasteiger partial charge in [-0.05, 0) is 56.2 Å². The van der Waals surface area contributed by atoms with Crippen LogP contribution in [0.2, 0.25) is 0 Å². The maximum absolute atomic E-state index is 12.8. The van der Waals surface area contributed by atoms with E-state index in [2.05, 4.69) is 6.07 Å². The van der Waals surface area contributed by atoms with Crippen molar-refractivity contribution < 1.29 is 4.79 Å². The lowest BCUT2D eigenvalue weighted by Crippen LogP contribution is -2.35. The molecule has 0 aliphatic rings. The average Bonchev–Trinajstić information content (AvgIpc) is 2.43. The summed E-state index contributed by atoms with van der Waals surface area (Å²) in [6, 6.07) is 13.8. The van der Waals surface area contributed by atoms with Crippen LogP contribution in [0.4, 0.5) is 5.69 Å². The zero-order valence-electron chi connectivity index (χ0n) is 12.9. The maximum Gasteiger partial charge on any atom is 0.258 e. The van der Waals surface area contributed by atoms with Crippen LogP contribution in [-0.4, -0.2) is 19.0 Å². The summed E-state index contributed by atoms with van der Waals surface area (Å²) in [5.74, 6) is -0.00542. The number of hydrogen-bond acceptors (Lipinski definition) is 2. The van der Waals surface area contributed by atoms with Crippen LogP contribution in [0, 0.1) is 20.8 Å². The first-order chi connectivity index (χ1) is 10.0. The summed E-state index contributed by atoms with van der Waals surface area (Å²) < 4.78 is 0. The lowest BCUT2D eigenvalue weighted by molar-refractivity contribution is 0.0987. The highest BCUT2D eigenvalue weighted by atomic mass is 16.2. The Balaban J connectivity index is 2.40. The number of anilines is 1. The normalized spacial score (nSPS) is 10.5. The minimum Gasteiger partial charge on any atom is -0.329 e. The van der Waals surface area contributed by atoms with Crippen molar-refractivity contribution in [3.8, 4) is 0 Å². The van der Waals surface area contributed by atoms with Gasteiger partial charge in [0.25, 0.3) is 5.91 Å². The summed E-state index contributed by atoms with van der Waals surface area (Å²) >= 11 is 0. The maximum atomic E-state index is 12.8. The molecule has 2 rings (SSSR count). The van der Waals surface area contributed by atoms with Crippen molar-refractivity contribution >= 4 is 11.6 Å². The molecule has 3 heteroatoms.